The normalized spacial score (nSPS) is 19.6. The number of rotatable bonds is 6. The molecule has 126 valence electrons. The van der Waals surface area contributed by atoms with Crippen molar-refractivity contribution in [3.63, 3.8) is 0 Å². The molecule has 7 heteroatoms. The molecule has 23 heavy (non-hydrogen) atoms. The molecule has 0 radical (unpaired) electrons. The van der Waals surface area contributed by atoms with Gasteiger partial charge in [-0.3, -0.25) is 4.90 Å². The van der Waals surface area contributed by atoms with Crippen molar-refractivity contribution in [1.29, 1.82) is 0 Å². The van der Waals surface area contributed by atoms with Crippen LogP contribution in [0.5, 0.6) is 0 Å². The molecule has 2 aromatic heterocycles. The molecule has 3 heterocycles. The van der Waals surface area contributed by atoms with E-state index in [1.165, 1.54) is 17.8 Å². The van der Waals surface area contributed by atoms with Gasteiger partial charge in [-0.2, -0.15) is 4.98 Å². The quantitative estimate of drug-likeness (QED) is 0.875. The van der Waals surface area contributed by atoms with E-state index in [0.717, 1.165) is 37.7 Å². The summed E-state index contributed by atoms with van der Waals surface area (Å²) in [6, 6.07) is 0.501. The van der Waals surface area contributed by atoms with Crippen LogP contribution in [-0.4, -0.2) is 39.2 Å². The first-order valence-corrected chi connectivity index (χ1v) is 9.17. The summed E-state index contributed by atoms with van der Waals surface area (Å²) in [7, 11) is 0. The van der Waals surface area contributed by atoms with Gasteiger partial charge in [-0.05, 0) is 19.4 Å². The number of likely N-dealkylation sites (tertiary alicyclic amines) is 1. The van der Waals surface area contributed by atoms with Gasteiger partial charge in [0.05, 0.1) is 17.2 Å². The highest BCUT2D eigenvalue weighted by Crippen LogP contribution is 2.19. The first-order valence-electron chi connectivity index (χ1n) is 8.29. The van der Waals surface area contributed by atoms with E-state index in [1.807, 2.05) is 6.92 Å². The van der Waals surface area contributed by atoms with Crippen LogP contribution in [0.4, 0.5) is 0 Å². The third-order valence-electron chi connectivity index (χ3n) is 4.08. The fourth-order valence-corrected chi connectivity index (χ4v) is 3.72. The number of aryl methyl sites for hydroxylation is 1. The topological polar surface area (TPSA) is 67.1 Å². The molecule has 0 unspecified atom stereocenters. The predicted octanol–water partition coefficient (Wildman–Crippen LogP) is 2.71. The van der Waals surface area contributed by atoms with Crippen LogP contribution in [0.1, 0.15) is 55.0 Å². The Morgan fingerprint density at radius 1 is 1.43 bits per heavy atom. The van der Waals surface area contributed by atoms with Gasteiger partial charge in [0, 0.05) is 37.4 Å². The van der Waals surface area contributed by atoms with Crippen molar-refractivity contribution < 1.29 is 4.52 Å². The summed E-state index contributed by atoms with van der Waals surface area (Å²) in [6.45, 7) is 9.95. The molecule has 1 atom stereocenters. The lowest BCUT2D eigenvalue weighted by Gasteiger charge is -2.32. The van der Waals surface area contributed by atoms with E-state index >= 15 is 0 Å². The van der Waals surface area contributed by atoms with Gasteiger partial charge in [-0.1, -0.05) is 19.0 Å². The Hall–Kier alpha value is -1.31. The summed E-state index contributed by atoms with van der Waals surface area (Å²) in [5.74, 6) is 1.93. The molecular weight excluding hydrogens is 310 g/mol. The van der Waals surface area contributed by atoms with Gasteiger partial charge < -0.3 is 9.84 Å². The number of hydrogen-bond donors (Lipinski definition) is 1. The first-order chi connectivity index (χ1) is 11.1. The highest BCUT2D eigenvalue weighted by molar-refractivity contribution is 7.09. The zero-order valence-corrected chi connectivity index (χ0v) is 14.9. The molecule has 0 saturated carbocycles. The van der Waals surface area contributed by atoms with Crippen molar-refractivity contribution >= 4 is 11.3 Å². The number of hydrogen-bond acceptors (Lipinski definition) is 7. The van der Waals surface area contributed by atoms with Gasteiger partial charge in [-0.15, -0.1) is 11.3 Å². The Labute approximate surface area is 141 Å². The maximum absolute atomic E-state index is 5.05. The van der Waals surface area contributed by atoms with Gasteiger partial charge >= 0.3 is 0 Å². The van der Waals surface area contributed by atoms with Crippen LogP contribution in [0.2, 0.25) is 0 Å². The Morgan fingerprint density at radius 3 is 3.00 bits per heavy atom. The standard InChI is InChI=1S/C16H25N5OS/c1-11(2)16-19-14(10-23-16)7-17-13-5-4-6-21(8-13)9-15-18-12(3)22-20-15/h10-11,13,17H,4-9H2,1-3H3/t13-/m0/s1. The van der Waals surface area contributed by atoms with Gasteiger partial charge in [0.1, 0.15) is 0 Å². The van der Waals surface area contributed by atoms with Crippen molar-refractivity contribution in [3.8, 4) is 0 Å². The molecule has 1 aliphatic heterocycles. The molecule has 0 amide bonds. The second-order valence-electron chi connectivity index (χ2n) is 6.52. The number of nitrogens with one attached hydrogen (secondary N) is 1. The molecule has 1 fully saturated rings. The fourth-order valence-electron chi connectivity index (χ4n) is 2.89. The average Bonchev–Trinajstić information content (AvgIpc) is 3.15. The minimum atomic E-state index is 0.501. The lowest BCUT2D eigenvalue weighted by Crippen LogP contribution is -2.45. The summed E-state index contributed by atoms with van der Waals surface area (Å²) in [5, 5.41) is 11.0. The molecule has 1 aliphatic rings. The van der Waals surface area contributed by atoms with Crippen LogP contribution in [0, 0.1) is 6.92 Å². The van der Waals surface area contributed by atoms with Crippen molar-refractivity contribution in [2.45, 2.75) is 58.7 Å². The smallest absolute Gasteiger partial charge is 0.223 e. The summed E-state index contributed by atoms with van der Waals surface area (Å²) >= 11 is 1.76. The van der Waals surface area contributed by atoms with Crippen molar-refractivity contribution in [2.75, 3.05) is 13.1 Å². The predicted molar refractivity (Wildman–Crippen MR) is 90.4 cm³/mol. The fraction of sp³-hybridized carbons (Fsp3) is 0.688. The third-order valence-corrected chi connectivity index (χ3v) is 5.27. The Morgan fingerprint density at radius 2 is 2.30 bits per heavy atom. The van der Waals surface area contributed by atoms with Crippen LogP contribution in [0.15, 0.2) is 9.90 Å². The second kappa shape index (κ2) is 7.51. The number of piperidine rings is 1. The van der Waals surface area contributed by atoms with Crippen LogP contribution in [0.3, 0.4) is 0 Å². The molecule has 0 aromatic carbocycles. The molecule has 1 N–H and O–H groups in total. The maximum Gasteiger partial charge on any atom is 0.223 e. The van der Waals surface area contributed by atoms with Gasteiger partial charge in [-0.25, -0.2) is 4.98 Å². The van der Waals surface area contributed by atoms with E-state index in [-0.39, 0.29) is 0 Å². The Kier molecular flexibility index (Phi) is 5.40. The summed E-state index contributed by atoms with van der Waals surface area (Å²) in [4.78, 5) is 11.4. The second-order valence-corrected chi connectivity index (χ2v) is 7.41. The van der Waals surface area contributed by atoms with E-state index < -0.39 is 0 Å². The highest BCUT2D eigenvalue weighted by atomic mass is 32.1. The van der Waals surface area contributed by atoms with Crippen LogP contribution in [-0.2, 0) is 13.1 Å². The van der Waals surface area contributed by atoms with Crippen molar-refractivity contribution in [2.24, 2.45) is 0 Å². The van der Waals surface area contributed by atoms with E-state index in [2.05, 4.69) is 39.6 Å². The Bertz CT molecular complexity index is 624. The highest BCUT2D eigenvalue weighted by Gasteiger charge is 2.21. The summed E-state index contributed by atoms with van der Waals surface area (Å²) in [5.41, 5.74) is 1.16. The first kappa shape index (κ1) is 16.5. The van der Waals surface area contributed by atoms with E-state index in [9.17, 15) is 0 Å². The van der Waals surface area contributed by atoms with Gasteiger partial charge in [0.25, 0.3) is 0 Å². The molecule has 6 nitrogen and oxygen atoms in total. The molecule has 2 aromatic rings. The zero-order chi connectivity index (χ0) is 16.2. The molecule has 3 rings (SSSR count). The number of aromatic nitrogens is 3. The van der Waals surface area contributed by atoms with Crippen LogP contribution >= 0.6 is 11.3 Å². The number of nitrogens with zero attached hydrogens (tertiary/aromatic N) is 4. The van der Waals surface area contributed by atoms with Crippen LogP contribution < -0.4 is 5.32 Å². The molecule has 0 bridgehead atoms. The van der Waals surface area contributed by atoms with Crippen LogP contribution in [0.25, 0.3) is 0 Å². The largest absolute Gasteiger partial charge is 0.340 e. The van der Waals surface area contributed by atoms with Gasteiger partial charge in [0.2, 0.25) is 5.89 Å². The molecule has 0 aliphatic carbocycles. The molecule has 0 spiro atoms. The maximum atomic E-state index is 5.05. The Balaban J connectivity index is 1.48. The number of thiazole rings is 1. The zero-order valence-electron chi connectivity index (χ0n) is 14.1. The SMILES string of the molecule is Cc1nc(CN2CCC[C@H](NCc3csc(C(C)C)n3)C2)no1. The summed E-state index contributed by atoms with van der Waals surface area (Å²) < 4.78 is 5.05. The lowest BCUT2D eigenvalue weighted by molar-refractivity contribution is 0.177. The lowest BCUT2D eigenvalue weighted by atomic mass is 10.1. The third kappa shape index (κ3) is 4.59. The average molecular weight is 335 g/mol. The minimum absolute atomic E-state index is 0.501. The summed E-state index contributed by atoms with van der Waals surface area (Å²) in [6.07, 6.45) is 2.41. The van der Waals surface area contributed by atoms with Crippen molar-refractivity contribution in [1.82, 2.24) is 25.3 Å². The monoisotopic (exact) mass is 335 g/mol. The minimum Gasteiger partial charge on any atom is -0.340 e. The van der Waals surface area contributed by atoms with E-state index in [4.69, 9.17) is 9.51 Å². The molecular formula is C16H25N5OS. The van der Waals surface area contributed by atoms with Gasteiger partial charge in [0.15, 0.2) is 5.82 Å². The van der Waals surface area contributed by atoms with Crippen molar-refractivity contribution in [3.05, 3.63) is 27.8 Å². The molecule has 1 saturated heterocycles. The van der Waals surface area contributed by atoms with E-state index in [1.54, 1.807) is 11.3 Å². The van der Waals surface area contributed by atoms with E-state index in [0.29, 0.717) is 17.9 Å².